The Morgan fingerprint density at radius 3 is 2.59 bits per heavy atom. The van der Waals surface area contributed by atoms with Gasteiger partial charge < -0.3 is 25.0 Å². The molecule has 0 bridgehead atoms. The zero-order valence-corrected chi connectivity index (χ0v) is 10.3. The molecule has 0 fully saturated rings. The lowest BCUT2D eigenvalue weighted by atomic mass is 9.91. The first-order valence-electron chi connectivity index (χ1n) is 5.08. The largest absolute Gasteiger partial charge is 0.441 e. The smallest absolute Gasteiger partial charge is 0.409 e. The number of alkyl halides is 1. The topological polar surface area (TPSA) is 90.2 Å². The predicted octanol–water partition coefficient (Wildman–Crippen LogP) is -0.685. The van der Waals surface area contributed by atoms with Gasteiger partial charge in [0.25, 0.3) is 0 Å². The van der Waals surface area contributed by atoms with Gasteiger partial charge in [0.05, 0.1) is 12.0 Å². The van der Waals surface area contributed by atoms with E-state index in [1.165, 1.54) is 25.1 Å². The Kier molecular flexibility index (Phi) is 4.76. The Morgan fingerprint density at radius 2 is 2.12 bits per heavy atom. The summed E-state index contributed by atoms with van der Waals surface area (Å²) in [6.07, 6.45) is -2.96. The van der Waals surface area contributed by atoms with Crippen LogP contribution in [0.15, 0.2) is 11.6 Å². The molecular weight excluding hydrogens is 250 g/mol. The van der Waals surface area contributed by atoms with Crippen LogP contribution in [0.25, 0.3) is 0 Å². The Balaban J connectivity index is 2.81. The lowest BCUT2D eigenvalue weighted by Gasteiger charge is -2.34. The number of hydrogen-bond donors (Lipinski definition) is 3. The summed E-state index contributed by atoms with van der Waals surface area (Å²) in [6, 6.07) is 0. The molecule has 0 spiro atoms. The van der Waals surface area contributed by atoms with E-state index in [2.05, 4.69) is 0 Å². The van der Waals surface area contributed by atoms with Crippen LogP contribution in [0.3, 0.4) is 0 Å². The van der Waals surface area contributed by atoms with Gasteiger partial charge in [-0.1, -0.05) is 6.08 Å². The molecule has 7 heteroatoms. The molecule has 0 saturated carbocycles. The van der Waals surface area contributed by atoms with Crippen LogP contribution in [0.2, 0.25) is 0 Å². The van der Waals surface area contributed by atoms with Crippen LogP contribution < -0.4 is 0 Å². The summed E-state index contributed by atoms with van der Waals surface area (Å²) in [5.74, 6) is 0. The molecule has 3 N–H and O–H groups in total. The molecule has 0 aromatic heterocycles. The standard InChI is InChI=1S/C10H16ClNO5/c1-12(2)10(16)17-9-6(11)3-5(4-13)7(14)8(9)15/h3,6-9,13-15H,4H2,1-2H3/t6-,7+,8-,9+/m0/s1. The molecule has 0 saturated heterocycles. The summed E-state index contributed by atoms with van der Waals surface area (Å²) in [5.41, 5.74) is 0.217. The molecule has 0 radical (unpaired) electrons. The number of nitrogens with zero attached hydrogens (tertiary/aromatic N) is 1. The Hall–Kier alpha value is -0.820. The van der Waals surface area contributed by atoms with Crippen molar-refractivity contribution in [2.75, 3.05) is 20.7 Å². The molecular formula is C10H16ClNO5. The lowest BCUT2D eigenvalue weighted by molar-refractivity contribution is -0.0620. The lowest BCUT2D eigenvalue weighted by Crippen LogP contribution is -2.50. The normalized spacial score (nSPS) is 32.9. The number of ether oxygens (including phenoxy) is 1. The molecule has 1 aliphatic rings. The van der Waals surface area contributed by atoms with Gasteiger partial charge in [0, 0.05) is 14.1 Å². The first kappa shape index (κ1) is 14.2. The first-order valence-corrected chi connectivity index (χ1v) is 5.51. The summed E-state index contributed by atoms with van der Waals surface area (Å²) in [5, 5.41) is 27.5. The van der Waals surface area contributed by atoms with Gasteiger partial charge in [0.2, 0.25) is 0 Å². The van der Waals surface area contributed by atoms with Crippen molar-refractivity contribution in [3.05, 3.63) is 11.6 Å². The van der Waals surface area contributed by atoms with Gasteiger partial charge in [-0.05, 0) is 5.57 Å². The second-order valence-corrected chi connectivity index (χ2v) is 4.53. The van der Waals surface area contributed by atoms with Crippen molar-refractivity contribution >= 4 is 17.7 Å². The highest BCUT2D eigenvalue weighted by molar-refractivity contribution is 6.22. The minimum absolute atomic E-state index is 0.217. The second-order valence-electron chi connectivity index (χ2n) is 4.02. The van der Waals surface area contributed by atoms with Gasteiger partial charge in [-0.2, -0.15) is 0 Å². The summed E-state index contributed by atoms with van der Waals surface area (Å²) in [7, 11) is 2.98. The minimum atomic E-state index is -1.35. The quantitative estimate of drug-likeness (QED) is 0.454. The zero-order valence-electron chi connectivity index (χ0n) is 9.58. The van der Waals surface area contributed by atoms with E-state index in [4.69, 9.17) is 21.4 Å². The van der Waals surface area contributed by atoms with Gasteiger partial charge >= 0.3 is 6.09 Å². The van der Waals surface area contributed by atoms with Crippen LogP contribution in [0.1, 0.15) is 0 Å². The highest BCUT2D eigenvalue weighted by atomic mass is 35.5. The number of aliphatic hydroxyl groups excluding tert-OH is 3. The van der Waals surface area contributed by atoms with Crippen LogP contribution in [0, 0.1) is 0 Å². The van der Waals surface area contributed by atoms with E-state index in [1.54, 1.807) is 0 Å². The zero-order chi connectivity index (χ0) is 13.2. The Bertz CT molecular complexity index is 320. The monoisotopic (exact) mass is 265 g/mol. The molecule has 0 aromatic rings. The van der Waals surface area contributed by atoms with Crippen molar-refractivity contribution < 1.29 is 24.9 Å². The van der Waals surface area contributed by atoms with Gasteiger partial charge in [-0.15, -0.1) is 11.6 Å². The number of halogens is 1. The molecule has 0 aliphatic heterocycles. The van der Waals surface area contributed by atoms with Crippen molar-refractivity contribution in [2.24, 2.45) is 0 Å². The third-order valence-electron chi connectivity index (χ3n) is 2.51. The fourth-order valence-corrected chi connectivity index (χ4v) is 1.85. The highest BCUT2D eigenvalue weighted by Gasteiger charge is 2.40. The van der Waals surface area contributed by atoms with Crippen molar-refractivity contribution in [3.8, 4) is 0 Å². The maximum absolute atomic E-state index is 11.3. The third kappa shape index (κ3) is 3.10. The molecule has 0 heterocycles. The average Bonchev–Trinajstić information content (AvgIpc) is 2.28. The van der Waals surface area contributed by atoms with Crippen molar-refractivity contribution in [1.29, 1.82) is 0 Å². The molecule has 6 nitrogen and oxygen atoms in total. The van der Waals surface area contributed by atoms with Crippen LogP contribution in [0.5, 0.6) is 0 Å². The molecule has 4 atom stereocenters. The molecule has 17 heavy (non-hydrogen) atoms. The summed E-state index contributed by atoms with van der Waals surface area (Å²) < 4.78 is 4.96. The van der Waals surface area contributed by atoms with Crippen LogP contribution in [0.4, 0.5) is 4.79 Å². The van der Waals surface area contributed by atoms with Crippen molar-refractivity contribution in [1.82, 2.24) is 4.90 Å². The van der Waals surface area contributed by atoms with E-state index in [0.717, 1.165) is 0 Å². The molecule has 0 aromatic carbocycles. The molecule has 1 rings (SSSR count). The SMILES string of the molecule is CN(C)C(=O)O[C@H]1[C@@H](O)[C@H](O)C(CO)=C[C@@H]1Cl. The number of carbonyl (C=O) groups excluding carboxylic acids is 1. The highest BCUT2D eigenvalue weighted by Crippen LogP contribution is 2.26. The van der Waals surface area contributed by atoms with E-state index in [9.17, 15) is 15.0 Å². The molecule has 98 valence electrons. The predicted molar refractivity (Wildman–Crippen MR) is 60.8 cm³/mol. The third-order valence-corrected chi connectivity index (χ3v) is 2.89. The van der Waals surface area contributed by atoms with Gasteiger partial charge in [-0.25, -0.2) is 4.79 Å². The Labute approximate surface area is 104 Å². The fraction of sp³-hybridized carbons (Fsp3) is 0.700. The Morgan fingerprint density at radius 1 is 1.53 bits per heavy atom. The maximum atomic E-state index is 11.3. The van der Waals surface area contributed by atoms with E-state index >= 15 is 0 Å². The number of amides is 1. The minimum Gasteiger partial charge on any atom is -0.441 e. The van der Waals surface area contributed by atoms with Crippen LogP contribution in [-0.4, -0.2) is 70.7 Å². The van der Waals surface area contributed by atoms with Gasteiger partial charge in [0.1, 0.15) is 12.2 Å². The summed E-state index contributed by atoms with van der Waals surface area (Å²) >= 11 is 5.91. The van der Waals surface area contributed by atoms with E-state index in [0.29, 0.717) is 0 Å². The number of rotatable bonds is 2. The molecule has 0 unspecified atom stereocenters. The molecule has 1 aliphatic carbocycles. The number of carbonyl (C=O) groups is 1. The van der Waals surface area contributed by atoms with E-state index in [1.807, 2.05) is 0 Å². The van der Waals surface area contributed by atoms with Crippen molar-refractivity contribution in [3.63, 3.8) is 0 Å². The first-order chi connectivity index (χ1) is 7.88. The summed E-state index contributed by atoms with van der Waals surface area (Å²) in [6.45, 7) is -0.407. The van der Waals surface area contributed by atoms with E-state index < -0.39 is 36.4 Å². The van der Waals surface area contributed by atoms with Gasteiger partial charge in [0.15, 0.2) is 6.10 Å². The van der Waals surface area contributed by atoms with E-state index in [-0.39, 0.29) is 5.57 Å². The summed E-state index contributed by atoms with van der Waals surface area (Å²) in [4.78, 5) is 12.5. The van der Waals surface area contributed by atoms with Gasteiger partial charge in [-0.3, -0.25) is 0 Å². The molecule has 1 amide bonds. The maximum Gasteiger partial charge on any atom is 0.409 e. The van der Waals surface area contributed by atoms with Crippen LogP contribution >= 0.6 is 11.6 Å². The van der Waals surface area contributed by atoms with Crippen molar-refractivity contribution in [2.45, 2.75) is 23.7 Å². The fourth-order valence-electron chi connectivity index (χ4n) is 1.49. The number of aliphatic hydroxyl groups is 3. The average molecular weight is 266 g/mol. The number of hydrogen-bond acceptors (Lipinski definition) is 5. The van der Waals surface area contributed by atoms with Crippen LogP contribution in [-0.2, 0) is 4.74 Å². The second kappa shape index (κ2) is 5.68.